The number of carboxylic acid groups (broad SMARTS) is 1. The van der Waals surface area contributed by atoms with E-state index in [9.17, 15) is 4.79 Å². The third kappa shape index (κ3) is 1.70. The maximum Gasteiger partial charge on any atom is 0.323 e. The molecule has 0 aliphatic heterocycles. The highest BCUT2D eigenvalue weighted by atomic mass is 16.4. The Labute approximate surface area is 61.2 Å². The van der Waals surface area contributed by atoms with Gasteiger partial charge in [0.2, 0.25) is 0 Å². The van der Waals surface area contributed by atoms with Crippen LogP contribution in [-0.4, -0.2) is 16.6 Å². The molecule has 60 valence electrons. The summed E-state index contributed by atoms with van der Waals surface area (Å²) in [6, 6.07) is 0. The number of aliphatic carboxylic acids is 1. The normalized spacial score (nSPS) is 19.6. The van der Waals surface area contributed by atoms with Gasteiger partial charge in [0.15, 0.2) is 0 Å². The number of hydrogen-bond donors (Lipinski definition) is 2. The van der Waals surface area contributed by atoms with E-state index < -0.39 is 11.5 Å². The third-order valence-electron chi connectivity index (χ3n) is 2.10. The van der Waals surface area contributed by atoms with Gasteiger partial charge < -0.3 is 10.8 Å². The summed E-state index contributed by atoms with van der Waals surface area (Å²) in [5.74, 6) is -0.910. The molecular formula is C7H15NO2. The number of carboxylic acids is 1. The molecule has 0 aliphatic carbocycles. The molecule has 3 N–H and O–H groups in total. The molecule has 0 aromatic rings. The predicted molar refractivity (Wildman–Crippen MR) is 39.7 cm³/mol. The Morgan fingerprint density at radius 2 is 2.20 bits per heavy atom. The van der Waals surface area contributed by atoms with E-state index >= 15 is 0 Å². The van der Waals surface area contributed by atoms with Crippen molar-refractivity contribution in [3.05, 3.63) is 0 Å². The van der Waals surface area contributed by atoms with Crippen molar-refractivity contribution in [2.45, 2.75) is 32.7 Å². The Kier molecular flexibility index (Phi) is 2.84. The molecule has 0 saturated carbocycles. The van der Waals surface area contributed by atoms with Crippen LogP contribution < -0.4 is 5.73 Å². The number of carbonyl (C=O) groups is 1. The van der Waals surface area contributed by atoms with Crippen molar-refractivity contribution >= 4 is 5.97 Å². The van der Waals surface area contributed by atoms with Gasteiger partial charge in [0.05, 0.1) is 0 Å². The summed E-state index contributed by atoms with van der Waals surface area (Å²) in [6.07, 6.45) is 0.791. The second kappa shape index (κ2) is 3.01. The zero-order chi connectivity index (χ0) is 8.36. The van der Waals surface area contributed by atoms with E-state index in [1.54, 1.807) is 6.92 Å². The Hall–Kier alpha value is -0.570. The van der Waals surface area contributed by atoms with Gasteiger partial charge in [-0.2, -0.15) is 0 Å². The molecule has 0 aromatic carbocycles. The van der Waals surface area contributed by atoms with Crippen molar-refractivity contribution < 1.29 is 9.90 Å². The highest BCUT2D eigenvalue weighted by molar-refractivity contribution is 5.78. The maximum atomic E-state index is 10.5. The molecule has 2 atom stereocenters. The summed E-state index contributed by atoms with van der Waals surface area (Å²) in [6.45, 7) is 5.32. The largest absolute Gasteiger partial charge is 0.480 e. The minimum Gasteiger partial charge on any atom is -0.480 e. The number of rotatable bonds is 3. The zero-order valence-electron chi connectivity index (χ0n) is 6.72. The monoisotopic (exact) mass is 145 g/mol. The van der Waals surface area contributed by atoms with E-state index in [-0.39, 0.29) is 5.92 Å². The summed E-state index contributed by atoms with van der Waals surface area (Å²) in [7, 11) is 0. The first-order valence-corrected chi connectivity index (χ1v) is 3.45. The summed E-state index contributed by atoms with van der Waals surface area (Å²) in [4.78, 5) is 10.5. The lowest BCUT2D eigenvalue weighted by atomic mass is 9.86. The van der Waals surface area contributed by atoms with Gasteiger partial charge in [-0.05, 0) is 12.8 Å². The summed E-state index contributed by atoms with van der Waals surface area (Å²) < 4.78 is 0. The van der Waals surface area contributed by atoms with E-state index in [0.717, 1.165) is 6.42 Å². The molecule has 0 aliphatic rings. The molecule has 0 heterocycles. The fourth-order valence-corrected chi connectivity index (χ4v) is 0.635. The van der Waals surface area contributed by atoms with E-state index in [0.29, 0.717) is 0 Å². The van der Waals surface area contributed by atoms with Crippen LogP contribution in [0.5, 0.6) is 0 Å². The van der Waals surface area contributed by atoms with Crippen molar-refractivity contribution in [1.82, 2.24) is 0 Å². The molecular weight excluding hydrogens is 130 g/mol. The van der Waals surface area contributed by atoms with E-state index in [1.165, 1.54) is 0 Å². The Balaban J connectivity index is 4.23. The highest BCUT2D eigenvalue weighted by Gasteiger charge is 2.33. The highest BCUT2D eigenvalue weighted by Crippen LogP contribution is 2.16. The second-order valence-corrected chi connectivity index (χ2v) is 2.90. The Morgan fingerprint density at radius 3 is 2.30 bits per heavy atom. The molecule has 0 radical (unpaired) electrons. The van der Waals surface area contributed by atoms with Crippen LogP contribution >= 0.6 is 0 Å². The molecule has 0 saturated heterocycles. The molecule has 0 bridgehead atoms. The Bertz CT molecular complexity index is 132. The lowest BCUT2D eigenvalue weighted by Crippen LogP contribution is -2.50. The van der Waals surface area contributed by atoms with Crippen LogP contribution in [0.4, 0.5) is 0 Å². The van der Waals surface area contributed by atoms with Crippen LogP contribution in [0.25, 0.3) is 0 Å². The second-order valence-electron chi connectivity index (χ2n) is 2.90. The predicted octanol–water partition coefficient (Wildman–Crippen LogP) is 0.834. The molecule has 0 unspecified atom stereocenters. The van der Waals surface area contributed by atoms with Crippen molar-refractivity contribution in [3.63, 3.8) is 0 Å². The SMILES string of the molecule is CC[C@@H](C)[C@@](C)(N)C(=O)O. The first kappa shape index (κ1) is 9.43. The first-order chi connectivity index (χ1) is 4.42. The molecule has 0 amide bonds. The van der Waals surface area contributed by atoms with Crippen molar-refractivity contribution in [2.24, 2.45) is 11.7 Å². The molecule has 3 nitrogen and oxygen atoms in total. The van der Waals surface area contributed by atoms with Crippen LogP contribution in [0, 0.1) is 5.92 Å². The molecule has 3 heteroatoms. The van der Waals surface area contributed by atoms with Crippen LogP contribution in [0.1, 0.15) is 27.2 Å². The smallest absolute Gasteiger partial charge is 0.323 e. The topological polar surface area (TPSA) is 63.3 Å². The fourth-order valence-electron chi connectivity index (χ4n) is 0.635. The van der Waals surface area contributed by atoms with Crippen LogP contribution in [0.2, 0.25) is 0 Å². The third-order valence-corrected chi connectivity index (χ3v) is 2.10. The summed E-state index contributed by atoms with van der Waals surface area (Å²) in [5, 5.41) is 8.62. The van der Waals surface area contributed by atoms with Crippen molar-refractivity contribution in [2.75, 3.05) is 0 Å². The van der Waals surface area contributed by atoms with E-state index in [1.807, 2.05) is 13.8 Å². The van der Waals surface area contributed by atoms with Gasteiger partial charge in [-0.3, -0.25) is 4.79 Å². The number of nitrogens with two attached hydrogens (primary N) is 1. The zero-order valence-corrected chi connectivity index (χ0v) is 6.72. The lowest BCUT2D eigenvalue weighted by Gasteiger charge is -2.25. The molecule has 0 rings (SSSR count). The molecule has 0 spiro atoms. The Morgan fingerprint density at radius 1 is 1.80 bits per heavy atom. The van der Waals surface area contributed by atoms with Crippen LogP contribution in [0.3, 0.4) is 0 Å². The molecule has 0 fully saturated rings. The maximum absolute atomic E-state index is 10.5. The summed E-state index contributed by atoms with van der Waals surface area (Å²) >= 11 is 0. The van der Waals surface area contributed by atoms with Crippen molar-refractivity contribution in [1.29, 1.82) is 0 Å². The quantitative estimate of drug-likeness (QED) is 0.618. The average molecular weight is 145 g/mol. The fraction of sp³-hybridized carbons (Fsp3) is 0.857. The van der Waals surface area contributed by atoms with Crippen LogP contribution in [-0.2, 0) is 4.79 Å². The minimum atomic E-state index is -1.07. The van der Waals surface area contributed by atoms with Gasteiger partial charge in [-0.25, -0.2) is 0 Å². The molecule has 0 aromatic heterocycles. The minimum absolute atomic E-state index is 0.0185. The van der Waals surface area contributed by atoms with E-state index in [4.69, 9.17) is 10.8 Å². The van der Waals surface area contributed by atoms with Gasteiger partial charge in [0, 0.05) is 0 Å². The van der Waals surface area contributed by atoms with Gasteiger partial charge in [0.25, 0.3) is 0 Å². The van der Waals surface area contributed by atoms with Gasteiger partial charge in [0.1, 0.15) is 5.54 Å². The lowest BCUT2D eigenvalue weighted by molar-refractivity contribution is -0.144. The van der Waals surface area contributed by atoms with Gasteiger partial charge >= 0.3 is 5.97 Å². The standard InChI is InChI=1S/C7H15NO2/c1-4-5(2)7(3,8)6(9)10/h5H,4,8H2,1-3H3,(H,9,10)/t5-,7-/m1/s1. The van der Waals surface area contributed by atoms with Gasteiger partial charge in [-0.1, -0.05) is 20.3 Å². The average Bonchev–Trinajstić information content (AvgIpc) is 1.86. The first-order valence-electron chi connectivity index (χ1n) is 3.45. The van der Waals surface area contributed by atoms with Crippen molar-refractivity contribution in [3.8, 4) is 0 Å². The van der Waals surface area contributed by atoms with Gasteiger partial charge in [-0.15, -0.1) is 0 Å². The van der Waals surface area contributed by atoms with E-state index in [2.05, 4.69) is 0 Å². The van der Waals surface area contributed by atoms with Crippen LogP contribution in [0.15, 0.2) is 0 Å². The molecule has 10 heavy (non-hydrogen) atoms. The summed E-state index contributed by atoms with van der Waals surface area (Å²) in [5.41, 5.74) is 4.44. The number of hydrogen-bond acceptors (Lipinski definition) is 2.